The Morgan fingerprint density at radius 2 is 2.12 bits per heavy atom. The molecule has 4 nitrogen and oxygen atoms in total. The van der Waals surface area contributed by atoms with E-state index in [1.165, 1.54) is 0 Å². The maximum absolute atomic E-state index is 9.20. The van der Waals surface area contributed by atoms with Gasteiger partial charge in [0.2, 0.25) is 0 Å². The molecule has 1 aliphatic heterocycles. The predicted octanol–water partition coefficient (Wildman–Crippen LogP) is 0.522. The lowest BCUT2D eigenvalue weighted by molar-refractivity contribution is 0.276. The molecule has 2 rings (SSSR count). The van der Waals surface area contributed by atoms with Gasteiger partial charge in [-0.15, -0.1) is 0 Å². The number of para-hydroxylation sites is 1. The summed E-state index contributed by atoms with van der Waals surface area (Å²) < 4.78 is 0. The zero-order valence-corrected chi connectivity index (χ0v) is 10.0. The molecule has 0 radical (unpaired) electrons. The van der Waals surface area contributed by atoms with Crippen LogP contribution in [0.25, 0.3) is 0 Å². The molecular formula is C13H21N3O. The van der Waals surface area contributed by atoms with E-state index in [2.05, 4.69) is 22.3 Å². The van der Waals surface area contributed by atoms with Crippen LogP contribution in [0.1, 0.15) is 12.8 Å². The average molecular weight is 235 g/mol. The largest absolute Gasteiger partial charge is 0.395 e. The molecule has 0 aliphatic carbocycles. The monoisotopic (exact) mass is 235 g/mol. The molecule has 2 unspecified atom stereocenters. The number of anilines is 1. The molecule has 4 heteroatoms. The molecule has 0 aromatic heterocycles. The van der Waals surface area contributed by atoms with Gasteiger partial charge >= 0.3 is 0 Å². The van der Waals surface area contributed by atoms with Crippen LogP contribution in [0.4, 0.5) is 5.69 Å². The summed E-state index contributed by atoms with van der Waals surface area (Å²) in [6.45, 7) is 1.74. The zero-order valence-electron chi connectivity index (χ0n) is 10.0. The van der Waals surface area contributed by atoms with Gasteiger partial charge in [0.05, 0.1) is 12.8 Å². The van der Waals surface area contributed by atoms with Crippen molar-refractivity contribution >= 4 is 5.69 Å². The molecule has 0 spiro atoms. The van der Waals surface area contributed by atoms with Gasteiger partial charge in [0, 0.05) is 18.3 Å². The lowest BCUT2D eigenvalue weighted by Gasteiger charge is -2.40. The van der Waals surface area contributed by atoms with E-state index in [4.69, 9.17) is 5.73 Å². The number of nitrogens with two attached hydrogens (primary N) is 1. The summed E-state index contributed by atoms with van der Waals surface area (Å²) in [6, 6.07) is 10.2. The van der Waals surface area contributed by atoms with Gasteiger partial charge in [-0.2, -0.15) is 0 Å². The van der Waals surface area contributed by atoms with Crippen molar-refractivity contribution in [1.29, 1.82) is 0 Å². The third-order valence-electron chi connectivity index (χ3n) is 3.24. The van der Waals surface area contributed by atoms with Crippen LogP contribution in [0, 0.1) is 0 Å². The Kier molecular flexibility index (Phi) is 4.36. The Morgan fingerprint density at radius 1 is 1.35 bits per heavy atom. The summed E-state index contributed by atoms with van der Waals surface area (Å²) in [7, 11) is 0. The lowest BCUT2D eigenvalue weighted by Crippen LogP contribution is -2.59. The summed E-state index contributed by atoms with van der Waals surface area (Å²) >= 11 is 0. The van der Waals surface area contributed by atoms with Crippen LogP contribution in [-0.4, -0.2) is 37.0 Å². The van der Waals surface area contributed by atoms with E-state index in [1.54, 1.807) is 0 Å². The molecule has 1 aromatic carbocycles. The normalized spacial score (nSPS) is 24.6. The van der Waals surface area contributed by atoms with Crippen molar-refractivity contribution in [3.8, 4) is 0 Å². The Balaban J connectivity index is 2.16. The van der Waals surface area contributed by atoms with Crippen molar-refractivity contribution in [2.45, 2.75) is 25.0 Å². The molecule has 1 heterocycles. The van der Waals surface area contributed by atoms with E-state index in [9.17, 15) is 5.11 Å². The first-order chi connectivity index (χ1) is 8.33. The fraction of sp³-hybridized carbons (Fsp3) is 0.538. The first-order valence-electron chi connectivity index (χ1n) is 6.24. The summed E-state index contributed by atoms with van der Waals surface area (Å²) in [6.07, 6.45) is 2.28. The molecule has 1 fully saturated rings. The van der Waals surface area contributed by atoms with Crippen LogP contribution in [0.5, 0.6) is 0 Å². The maximum atomic E-state index is 9.20. The quantitative estimate of drug-likeness (QED) is 0.712. The Labute approximate surface area is 102 Å². The van der Waals surface area contributed by atoms with Crippen LogP contribution in [0.2, 0.25) is 0 Å². The van der Waals surface area contributed by atoms with Gasteiger partial charge in [0.15, 0.2) is 0 Å². The smallest absolute Gasteiger partial charge is 0.0950 e. The summed E-state index contributed by atoms with van der Waals surface area (Å²) in [5.41, 5.74) is 7.27. The highest BCUT2D eigenvalue weighted by Gasteiger charge is 2.27. The molecule has 0 amide bonds. The van der Waals surface area contributed by atoms with Crippen molar-refractivity contribution in [2.24, 2.45) is 5.73 Å². The topological polar surface area (TPSA) is 61.5 Å². The fourth-order valence-electron chi connectivity index (χ4n) is 2.39. The number of hydrogen-bond acceptors (Lipinski definition) is 4. The minimum Gasteiger partial charge on any atom is -0.395 e. The van der Waals surface area contributed by atoms with E-state index in [1.807, 2.05) is 18.2 Å². The second-order valence-electron chi connectivity index (χ2n) is 4.46. The first-order valence-corrected chi connectivity index (χ1v) is 6.24. The minimum absolute atomic E-state index is 0.121. The van der Waals surface area contributed by atoms with Gasteiger partial charge in [-0.25, -0.2) is 0 Å². The highest BCUT2D eigenvalue weighted by molar-refractivity contribution is 5.47. The predicted molar refractivity (Wildman–Crippen MR) is 69.9 cm³/mol. The molecule has 17 heavy (non-hydrogen) atoms. The van der Waals surface area contributed by atoms with Gasteiger partial charge in [-0.1, -0.05) is 18.2 Å². The van der Waals surface area contributed by atoms with Crippen LogP contribution in [0.3, 0.4) is 0 Å². The molecule has 2 atom stereocenters. The van der Waals surface area contributed by atoms with Crippen molar-refractivity contribution < 1.29 is 5.11 Å². The molecule has 1 aliphatic rings. The Morgan fingerprint density at radius 3 is 2.76 bits per heavy atom. The van der Waals surface area contributed by atoms with Crippen molar-refractivity contribution in [2.75, 3.05) is 24.6 Å². The van der Waals surface area contributed by atoms with Crippen LogP contribution in [0.15, 0.2) is 30.3 Å². The van der Waals surface area contributed by atoms with Crippen molar-refractivity contribution in [1.82, 2.24) is 5.32 Å². The van der Waals surface area contributed by atoms with Crippen molar-refractivity contribution in [3.05, 3.63) is 30.3 Å². The Bertz CT molecular complexity index is 331. The molecule has 1 aromatic rings. The third-order valence-corrected chi connectivity index (χ3v) is 3.24. The van der Waals surface area contributed by atoms with E-state index < -0.39 is 0 Å². The SMILES string of the molecule is NC1CCCNC1N(CCO)c1ccccc1. The highest BCUT2D eigenvalue weighted by atomic mass is 16.3. The second-order valence-corrected chi connectivity index (χ2v) is 4.46. The molecule has 4 N–H and O–H groups in total. The highest BCUT2D eigenvalue weighted by Crippen LogP contribution is 2.19. The molecular weight excluding hydrogens is 214 g/mol. The average Bonchev–Trinajstić information content (AvgIpc) is 2.38. The summed E-state index contributed by atoms with van der Waals surface area (Å²) in [4.78, 5) is 2.16. The molecule has 0 saturated carbocycles. The lowest BCUT2D eigenvalue weighted by atomic mass is 10.0. The van der Waals surface area contributed by atoms with E-state index in [0.29, 0.717) is 6.54 Å². The van der Waals surface area contributed by atoms with E-state index in [0.717, 1.165) is 25.1 Å². The summed E-state index contributed by atoms with van der Waals surface area (Å²) in [5.74, 6) is 0. The van der Waals surface area contributed by atoms with Gasteiger partial charge in [-0.05, 0) is 31.5 Å². The van der Waals surface area contributed by atoms with Crippen molar-refractivity contribution in [3.63, 3.8) is 0 Å². The number of nitrogens with one attached hydrogen (secondary N) is 1. The minimum atomic E-state index is 0.121. The zero-order chi connectivity index (χ0) is 12.1. The van der Waals surface area contributed by atoms with Gasteiger partial charge in [0.1, 0.15) is 0 Å². The van der Waals surface area contributed by atoms with Crippen LogP contribution < -0.4 is 16.0 Å². The van der Waals surface area contributed by atoms with Gasteiger partial charge < -0.3 is 15.7 Å². The van der Waals surface area contributed by atoms with Gasteiger partial charge in [-0.3, -0.25) is 5.32 Å². The number of nitrogens with zero attached hydrogens (tertiary/aromatic N) is 1. The third kappa shape index (κ3) is 2.97. The number of aliphatic hydroxyl groups is 1. The Hall–Kier alpha value is -1.10. The van der Waals surface area contributed by atoms with E-state index >= 15 is 0 Å². The maximum Gasteiger partial charge on any atom is 0.0950 e. The first kappa shape index (κ1) is 12.4. The molecule has 0 bridgehead atoms. The summed E-state index contributed by atoms with van der Waals surface area (Å²) in [5, 5.41) is 12.6. The number of piperidine rings is 1. The van der Waals surface area contributed by atoms with Gasteiger partial charge in [0.25, 0.3) is 0 Å². The molecule has 1 saturated heterocycles. The van der Waals surface area contributed by atoms with E-state index in [-0.39, 0.29) is 18.8 Å². The number of hydrogen-bond donors (Lipinski definition) is 3. The number of benzene rings is 1. The van der Waals surface area contributed by atoms with Crippen LogP contribution in [-0.2, 0) is 0 Å². The fourth-order valence-corrected chi connectivity index (χ4v) is 2.39. The standard InChI is InChI=1S/C13H21N3O/c14-12-7-4-8-15-13(12)16(9-10-17)11-5-2-1-3-6-11/h1-3,5-6,12-13,15,17H,4,7-10,14H2. The van der Waals surface area contributed by atoms with Crippen LogP contribution >= 0.6 is 0 Å². The second kappa shape index (κ2) is 6.00. The number of aliphatic hydroxyl groups excluding tert-OH is 1. The number of rotatable bonds is 4. The molecule has 94 valence electrons.